The van der Waals surface area contributed by atoms with Crippen molar-refractivity contribution in [3.63, 3.8) is 0 Å². The molecule has 1 aromatic heterocycles. The van der Waals surface area contributed by atoms with E-state index in [1.807, 2.05) is 4.68 Å². The molecule has 1 saturated carbocycles. The first-order chi connectivity index (χ1) is 7.07. The lowest BCUT2D eigenvalue weighted by atomic mass is 10.2. The molecule has 3 rings (SSSR count). The standard InChI is InChI=1S/C9H11BrN2O2S/c10-9-7-3-4-15(13,14)5-8(7)12(11-9)6-1-2-6/h6H,1-5H2. The Morgan fingerprint density at radius 3 is 2.80 bits per heavy atom. The zero-order valence-corrected chi connectivity index (χ0v) is 10.5. The van der Waals surface area contributed by atoms with Crippen LogP contribution in [0.3, 0.4) is 0 Å². The van der Waals surface area contributed by atoms with Gasteiger partial charge in [-0.1, -0.05) is 0 Å². The normalized spacial score (nSPS) is 23.8. The average Bonchev–Trinajstić information content (AvgIpc) is 2.92. The first-order valence-corrected chi connectivity index (χ1v) is 7.64. The highest BCUT2D eigenvalue weighted by Crippen LogP contribution is 2.39. The highest BCUT2D eigenvalue weighted by molar-refractivity contribution is 9.10. The highest BCUT2D eigenvalue weighted by Gasteiger charge is 2.33. The molecule has 0 atom stereocenters. The van der Waals surface area contributed by atoms with Crippen LogP contribution in [0.25, 0.3) is 0 Å². The van der Waals surface area contributed by atoms with Gasteiger partial charge in [-0.25, -0.2) is 8.42 Å². The number of nitrogens with zero attached hydrogens (tertiary/aromatic N) is 2. The molecule has 0 unspecified atom stereocenters. The summed E-state index contributed by atoms with van der Waals surface area (Å²) in [4.78, 5) is 0. The van der Waals surface area contributed by atoms with Gasteiger partial charge in [0.15, 0.2) is 9.84 Å². The zero-order chi connectivity index (χ0) is 10.6. The Bertz CT molecular complexity index is 516. The molecule has 15 heavy (non-hydrogen) atoms. The van der Waals surface area contributed by atoms with Crippen molar-refractivity contribution in [2.45, 2.75) is 31.1 Å². The lowest BCUT2D eigenvalue weighted by molar-refractivity contribution is 0.576. The number of sulfone groups is 1. The van der Waals surface area contributed by atoms with E-state index in [0.717, 1.165) is 28.7 Å². The van der Waals surface area contributed by atoms with Gasteiger partial charge in [0.05, 0.1) is 23.2 Å². The third kappa shape index (κ3) is 1.63. The monoisotopic (exact) mass is 290 g/mol. The topological polar surface area (TPSA) is 52.0 Å². The number of fused-ring (bicyclic) bond motifs is 1. The van der Waals surface area contributed by atoms with Gasteiger partial charge in [-0.05, 0) is 35.2 Å². The summed E-state index contributed by atoms with van der Waals surface area (Å²) in [7, 11) is -2.89. The predicted molar refractivity (Wildman–Crippen MR) is 59.4 cm³/mol. The van der Waals surface area contributed by atoms with Crippen molar-refractivity contribution >= 4 is 25.8 Å². The van der Waals surface area contributed by atoms with Crippen LogP contribution in [0.5, 0.6) is 0 Å². The summed E-state index contributed by atoms with van der Waals surface area (Å²) in [5, 5.41) is 4.39. The maximum absolute atomic E-state index is 11.6. The summed E-state index contributed by atoms with van der Waals surface area (Å²) in [5.41, 5.74) is 2.01. The summed E-state index contributed by atoms with van der Waals surface area (Å²) in [6.45, 7) is 0. The van der Waals surface area contributed by atoms with Gasteiger partial charge in [-0.15, -0.1) is 0 Å². The zero-order valence-electron chi connectivity index (χ0n) is 8.11. The first-order valence-electron chi connectivity index (χ1n) is 5.03. The minimum Gasteiger partial charge on any atom is -0.264 e. The molecule has 0 radical (unpaired) electrons. The van der Waals surface area contributed by atoms with Gasteiger partial charge < -0.3 is 0 Å². The molecule has 1 aliphatic carbocycles. The van der Waals surface area contributed by atoms with E-state index in [1.54, 1.807) is 0 Å². The van der Waals surface area contributed by atoms with Gasteiger partial charge in [0.25, 0.3) is 0 Å². The third-order valence-electron chi connectivity index (χ3n) is 2.98. The second-order valence-corrected chi connectivity index (χ2v) is 7.17. The molecule has 1 fully saturated rings. The molecule has 0 spiro atoms. The highest BCUT2D eigenvalue weighted by atomic mass is 79.9. The van der Waals surface area contributed by atoms with Crippen LogP contribution >= 0.6 is 15.9 Å². The van der Waals surface area contributed by atoms with E-state index in [-0.39, 0.29) is 11.5 Å². The Kier molecular flexibility index (Phi) is 2.01. The van der Waals surface area contributed by atoms with E-state index < -0.39 is 9.84 Å². The number of halogens is 1. The van der Waals surface area contributed by atoms with Gasteiger partial charge in [-0.2, -0.15) is 5.10 Å². The van der Waals surface area contributed by atoms with Crippen molar-refractivity contribution in [2.75, 3.05) is 5.75 Å². The molecule has 0 N–H and O–H groups in total. The second kappa shape index (κ2) is 3.07. The van der Waals surface area contributed by atoms with Crippen LogP contribution in [-0.4, -0.2) is 24.0 Å². The molecule has 2 aliphatic rings. The van der Waals surface area contributed by atoms with Crippen molar-refractivity contribution in [3.05, 3.63) is 15.9 Å². The molecular weight excluding hydrogens is 280 g/mol. The van der Waals surface area contributed by atoms with E-state index in [1.165, 1.54) is 0 Å². The molecule has 4 nitrogen and oxygen atoms in total. The van der Waals surface area contributed by atoms with Crippen molar-refractivity contribution in [3.8, 4) is 0 Å². The smallest absolute Gasteiger partial charge is 0.156 e. The van der Waals surface area contributed by atoms with E-state index in [2.05, 4.69) is 21.0 Å². The fraction of sp³-hybridized carbons (Fsp3) is 0.667. The number of aromatic nitrogens is 2. The van der Waals surface area contributed by atoms with Crippen molar-refractivity contribution in [1.29, 1.82) is 0 Å². The minimum atomic E-state index is -2.89. The quantitative estimate of drug-likeness (QED) is 0.787. The van der Waals surface area contributed by atoms with Crippen molar-refractivity contribution < 1.29 is 8.42 Å². The molecule has 0 saturated heterocycles. The fourth-order valence-corrected chi connectivity index (χ4v) is 4.01. The largest absolute Gasteiger partial charge is 0.264 e. The van der Waals surface area contributed by atoms with Gasteiger partial charge in [-0.3, -0.25) is 4.68 Å². The molecule has 1 aromatic rings. The van der Waals surface area contributed by atoms with Gasteiger partial charge >= 0.3 is 0 Å². The summed E-state index contributed by atoms with van der Waals surface area (Å²) in [5.74, 6) is 0.423. The molecular formula is C9H11BrN2O2S. The lowest BCUT2D eigenvalue weighted by Gasteiger charge is -2.14. The van der Waals surface area contributed by atoms with E-state index >= 15 is 0 Å². The SMILES string of the molecule is O=S1(=O)CCc2c(Br)nn(C3CC3)c2C1. The minimum absolute atomic E-state index is 0.164. The first kappa shape index (κ1) is 9.84. The van der Waals surface area contributed by atoms with E-state index in [9.17, 15) is 8.42 Å². The van der Waals surface area contributed by atoms with Crippen molar-refractivity contribution in [2.24, 2.45) is 0 Å². The summed E-state index contributed by atoms with van der Waals surface area (Å²) in [6.07, 6.45) is 2.85. The molecule has 82 valence electrons. The van der Waals surface area contributed by atoms with E-state index in [4.69, 9.17) is 0 Å². The van der Waals surface area contributed by atoms with Crippen LogP contribution in [0, 0.1) is 0 Å². The molecule has 1 aliphatic heterocycles. The van der Waals surface area contributed by atoms with Crippen LogP contribution in [0.2, 0.25) is 0 Å². The number of hydrogen-bond acceptors (Lipinski definition) is 3. The molecule has 2 heterocycles. The Labute approximate surface area is 96.7 Å². The van der Waals surface area contributed by atoms with Crippen LogP contribution in [0.1, 0.15) is 30.1 Å². The van der Waals surface area contributed by atoms with Gasteiger partial charge in [0, 0.05) is 5.56 Å². The summed E-state index contributed by atoms with van der Waals surface area (Å²) >= 11 is 3.41. The summed E-state index contributed by atoms with van der Waals surface area (Å²) < 4.78 is 25.9. The van der Waals surface area contributed by atoms with E-state index in [0.29, 0.717) is 12.5 Å². The third-order valence-corrected chi connectivity index (χ3v) is 5.16. The van der Waals surface area contributed by atoms with Gasteiger partial charge in [0.1, 0.15) is 4.60 Å². The van der Waals surface area contributed by atoms with Crippen LogP contribution in [0.4, 0.5) is 0 Å². The maximum atomic E-state index is 11.6. The van der Waals surface area contributed by atoms with Crippen molar-refractivity contribution in [1.82, 2.24) is 9.78 Å². The van der Waals surface area contributed by atoms with Gasteiger partial charge in [0.2, 0.25) is 0 Å². The second-order valence-electron chi connectivity index (χ2n) is 4.23. The van der Waals surface area contributed by atoms with Crippen LogP contribution < -0.4 is 0 Å². The number of rotatable bonds is 1. The Balaban J connectivity index is 2.13. The molecule has 0 amide bonds. The van der Waals surface area contributed by atoms with Crippen LogP contribution in [0.15, 0.2) is 4.60 Å². The Hall–Kier alpha value is -0.360. The average molecular weight is 291 g/mol. The fourth-order valence-electron chi connectivity index (χ4n) is 2.03. The van der Waals surface area contributed by atoms with Crippen LogP contribution in [-0.2, 0) is 22.0 Å². The number of hydrogen-bond donors (Lipinski definition) is 0. The predicted octanol–water partition coefficient (Wildman–Crippen LogP) is 1.45. The Morgan fingerprint density at radius 1 is 1.40 bits per heavy atom. The molecule has 6 heteroatoms. The molecule has 0 aromatic carbocycles. The lowest BCUT2D eigenvalue weighted by Crippen LogP contribution is -2.20. The summed E-state index contributed by atoms with van der Waals surface area (Å²) in [6, 6.07) is 0.443. The maximum Gasteiger partial charge on any atom is 0.156 e. The Morgan fingerprint density at radius 2 is 2.13 bits per heavy atom. The molecule has 0 bridgehead atoms.